The number of halogens is 1. The van der Waals surface area contributed by atoms with E-state index in [4.69, 9.17) is 9.47 Å². The highest BCUT2D eigenvalue weighted by molar-refractivity contribution is 14.1. The molecule has 2 rings (SSSR count). The van der Waals surface area contributed by atoms with Crippen molar-refractivity contribution in [3.63, 3.8) is 0 Å². The van der Waals surface area contributed by atoms with Crippen LogP contribution in [0.4, 0.5) is 0 Å². The molecule has 0 aromatic heterocycles. The molecule has 0 radical (unpaired) electrons. The molecule has 0 fully saturated rings. The Morgan fingerprint density at radius 2 is 1.95 bits per heavy atom. The third kappa shape index (κ3) is 4.26. The molecule has 0 amide bonds. The minimum Gasteiger partial charge on any atom is -0.454 e. The van der Waals surface area contributed by atoms with Crippen molar-refractivity contribution in [3.05, 3.63) is 23.8 Å². The highest BCUT2D eigenvalue weighted by atomic mass is 127. The second kappa shape index (κ2) is 7.36. The van der Waals surface area contributed by atoms with E-state index in [-0.39, 0.29) is 0 Å². The van der Waals surface area contributed by atoms with E-state index in [2.05, 4.69) is 48.6 Å². The molecular weight excluding hydrogens is 351 g/mol. The van der Waals surface area contributed by atoms with Crippen LogP contribution in [-0.4, -0.2) is 11.2 Å². The molecule has 1 atom stereocenters. The van der Waals surface area contributed by atoms with Gasteiger partial charge < -0.3 is 9.47 Å². The van der Waals surface area contributed by atoms with Crippen LogP contribution in [0.2, 0.25) is 0 Å². The van der Waals surface area contributed by atoms with Crippen molar-refractivity contribution in [3.8, 4) is 11.5 Å². The number of benzene rings is 1. The van der Waals surface area contributed by atoms with Crippen LogP contribution in [0.15, 0.2) is 18.2 Å². The van der Waals surface area contributed by atoms with Gasteiger partial charge in [-0.3, -0.25) is 0 Å². The fourth-order valence-electron chi connectivity index (χ4n) is 2.62. The number of fused-ring (bicyclic) bond motifs is 1. The molecule has 2 nitrogen and oxygen atoms in total. The van der Waals surface area contributed by atoms with Gasteiger partial charge in [0.1, 0.15) is 0 Å². The normalized spacial score (nSPS) is 14.9. The highest BCUT2D eigenvalue weighted by Crippen LogP contribution is 2.33. The fourth-order valence-corrected chi connectivity index (χ4v) is 3.42. The molecule has 0 saturated heterocycles. The minimum absolute atomic E-state index is 0.365. The van der Waals surface area contributed by atoms with Gasteiger partial charge in [-0.15, -0.1) is 0 Å². The van der Waals surface area contributed by atoms with Crippen LogP contribution in [0.1, 0.15) is 38.7 Å². The minimum atomic E-state index is 0.365. The topological polar surface area (TPSA) is 18.5 Å². The first-order chi connectivity index (χ1) is 9.20. The molecule has 0 saturated carbocycles. The zero-order valence-corrected chi connectivity index (χ0v) is 14.0. The summed E-state index contributed by atoms with van der Waals surface area (Å²) in [6.07, 6.45) is 5.08. The van der Waals surface area contributed by atoms with Crippen molar-refractivity contribution in [2.45, 2.75) is 39.5 Å². The predicted molar refractivity (Wildman–Crippen MR) is 87.3 cm³/mol. The number of rotatable bonds is 7. The molecule has 106 valence electrons. The SMILES string of the molecule is CC(C)C(CCI)CCCc1ccc2c(c1)OCO2. The Kier molecular flexibility index (Phi) is 5.79. The van der Waals surface area contributed by atoms with Gasteiger partial charge in [-0.1, -0.05) is 42.5 Å². The first-order valence-electron chi connectivity index (χ1n) is 7.15. The van der Waals surface area contributed by atoms with Crippen molar-refractivity contribution in [1.29, 1.82) is 0 Å². The number of alkyl halides is 1. The zero-order valence-electron chi connectivity index (χ0n) is 11.8. The van der Waals surface area contributed by atoms with Crippen LogP contribution >= 0.6 is 22.6 Å². The van der Waals surface area contributed by atoms with E-state index < -0.39 is 0 Å². The van der Waals surface area contributed by atoms with E-state index in [1.165, 1.54) is 29.3 Å². The lowest BCUT2D eigenvalue weighted by molar-refractivity contribution is 0.174. The van der Waals surface area contributed by atoms with Gasteiger partial charge in [-0.05, 0) is 59.6 Å². The maximum absolute atomic E-state index is 5.42. The Balaban J connectivity index is 1.82. The quantitative estimate of drug-likeness (QED) is 0.503. The summed E-state index contributed by atoms with van der Waals surface area (Å²) < 4.78 is 12.0. The zero-order chi connectivity index (χ0) is 13.7. The van der Waals surface area contributed by atoms with Gasteiger partial charge in [0.2, 0.25) is 6.79 Å². The molecule has 0 N–H and O–H groups in total. The summed E-state index contributed by atoms with van der Waals surface area (Å²) in [5, 5.41) is 0. The summed E-state index contributed by atoms with van der Waals surface area (Å²) in [4.78, 5) is 0. The van der Waals surface area contributed by atoms with Crippen molar-refractivity contribution in [1.82, 2.24) is 0 Å². The first-order valence-corrected chi connectivity index (χ1v) is 8.67. The maximum Gasteiger partial charge on any atom is 0.231 e. The van der Waals surface area contributed by atoms with Crippen LogP contribution in [0.5, 0.6) is 11.5 Å². The maximum atomic E-state index is 5.42. The monoisotopic (exact) mass is 374 g/mol. The summed E-state index contributed by atoms with van der Waals surface area (Å²) in [6, 6.07) is 6.32. The highest BCUT2D eigenvalue weighted by Gasteiger charge is 2.14. The summed E-state index contributed by atoms with van der Waals surface area (Å²) in [6.45, 7) is 5.05. The molecule has 1 aromatic rings. The van der Waals surface area contributed by atoms with Crippen LogP contribution in [0.3, 0.4) is 0 Å². The van der Waals surface area contributed by atoms with E-state index in [0.717, 1.165) is 29.8 Å². The lowest BCUT2D eigenvalue weighted by atomic mass is 9.88. The molecule has 1 heterocycles. The van der Waals surface area contributed by atoms with Gasteiger partial charge in [0.05, 0.1) is 0 Å². The standard InChI is InChI=1S/C16H23IO2/c1-12(2)14(8-9-17)5-3-4-13-6-7-15-16(10-13)19-11-18-15/h6-7,10,12,14H,3-5,8-9,11H2,1-2H3. The van der Waals surface area contributed by atoms with Crippen molar-refractivity contribution < 1.29 is 9.47 Å². The Labute approximate surface area is 130 Å². The van der Waals surface area contributed by atoms with Crippen LogP contribution < -0.4 is 9.47 Å². The number of aryl methyl sites for hydroxylation is 1. The molecule has 1 aromatic carbocycles. The summed E-state index contributed by atoms with van der Waals surface area (Å²) >= 11 is 2.49. The molecule has 0 bridgehead atoms. The smallest absolute Gasteiger partial charge is 0.231 e. The third-order valence-corrected chi connectivity index (χ3v) is 4.52. The molecule has 3 heteroatoms. The van der Waals surface area contributed by atoms with E-state index in [1.54, 1.807) is 0 Å². The fraction of sp³-hybridized carbons (Fsp3) is 0.625. The van der Waals surface area contributed by atoms with E-state index >= 15 is 0 Å². The lowest BCUT2D eigenvalue weighted by Crippen LogP contribution is -2.09. The van der Waals surface area contributed by atoms with Crippen molar-refractivity contribution in [2.75, 3.05) is 11.2 Å². The average Bonchev–Trinajstić information content (AvgIpc) is 2.85. The molecular formula is C16H23IO2. The average molecular weight is 374 g/mol. The first kappa shape index (κ1) is 14.9. The van der Waals surface area contributed by atoms with Gasteiger partial charge in [0.15, 0.2) is 11.5 Å². The van der Waals surface area contributed by atoms with E-state index in [0.29, 0.717) is 6.79 Å². The van der Waals surface area contributed by atoms with E-state index in [9.17, 15) is 0 Å². The second-order valence-corrected chi connectivity index (χ2v) is 6.64. The van der Waals surface area contributed by atoms with Gasteiger partial charge in [-0.25, -0.2) is 0 Å². The molecule has 19 heavy (non-hydrogen) atoms. The Morgan fingerprint density at radius 3 is 2.68 bits per heavy atom. The molecule has 1 aliphatic heterocycles. The summed E-state index contributed by atoms with van der Waals surface area (Å²) in [5.41, 5.74) is 1.36. The Morgan fingerprint density at radius 1 is 1.16 bits per heavy atom. The molecule has 0 spiro atoms. The van der Waals surface area contributed by atoms with Gasteiger partial charge in [0.25, 0.3) is 0 Å². The lowest BCUT2D eigenvalue weighted by Gasteiger charge is -2.19. The van der Waals surface area contributed by atoms with Crippen LogP contribution in [0, 0.1) is 11.8 Å². The van der Waals surface area contributed by atoms with Crippen molar-refractivity contribution in [2.24, 2.45) is 11.8 Å². The molecule has 1 aliphatic rings. The van der Waals surface area contributed by atoms with Crippen LogP contribution in [-0.2, 0) is 6.42 Å². The van der Waals surface area contributed by atoms with Gasteiger partial charge in [-0.2, -0.15) is 0 Å². The largest absolute Gasteiger partial charge is 0.454 e. The summed E-state index contributed by atoms with van der Waals surface area (Å²) in [5.74, 6) is 3.45. The molecule has 1 unspecified atom stereocenters. The van der Waals surface area contributed by atoms with Crippen molar-refractivity contribution >= 4 is 22.6 Å². The number of ether oxygens (including phenoxy) is 2. The van der Waals surface area contributed by atoms with E-state index in [1.807, 2.05) is 6.07 Å². The number of hydrogen-bond donors (Lipinski definition) is 0. The Bertz CT molecular complexity index is 404. The second-order valence-electron chi connectivity index (χ2n) is 5.56. The third-order valence-electron chi connectivity index (χ3n) is 3.90. The van der Waals surface area contributed by atoms with Crippen LogP contribution in [0.25, 0.3) is 0 Å². The predicted octanol–water partition coefficient (Wildman–Crippen LogP) is 4.84. The summed E-state index contributed by atoms with van der Waals surface area (Å²) in [7, 11) is 0. The van der Waals surface area contributed by atoms with Gasteiger partial charge >= 0.3 is 0 Å². The Hall–Kier alpha value is -0.450. The number of hydrogen-bond acceptors (Lipinski definition) is 2. The molecule has 0 aliphatic carbocycles. The van der Waals surface area contributed by atoms with Gasteiger partial charge in [0, 0.05) is 0 Å².